The maximum Gasteiger partial charge on any atom is 0.127 e. The second kappa shape index (κ2) is 59.2. The Bertz CT molecular complexity index is 813. The molecule has 236 valence electrons. The molecule has 0 spiro atoms. The fourth-order valence-electron chi connectivity index (χ4n) is 0.804. The lowest BCUT2D eigenvalue weighted by atomic mass is 10.8. The Kier molecular flexibility index (Phi) is 83.7. The lowest BCUT2D eigenvalue weighted by Crippen LogP contribution is -1.86. The number of alkyl halides is 1. The monoisotopic (exact) mass is 814 g/mol. The second-order valence-corrected chi connectivity index (χ2v) is 15.2. The SMILES string of the molecule is C#CCS.C#CCS(=O)Cl.C#CCS(C)=O.CCl.CS(=O)C/C=C/Br.CS(=O)C/C=C/S.CS/C=C/CS(C)=O. The molecule has 16 heteroatoms. The normalized spacial score (nSPS) is 12.7. The molecule has 0 bridgehead atoms. The van der Waals surface area contributed by atoms with E-state index in [4.69, 9.17) is 30.0 Å². The molecule has 0 radical (unpaired) electrons. The van der Waals surface area contributed by atoms with Crippen LogP contribution in [-0.4, -0.2) is 93.2 Å². The maximum absolute atomic E-state index is 10.4. The summed E-state index contributed by atoms with van der Waals surface area (Å²) in [7, 11) is 0.726. The topological polar surface area (TPSA) is 85.3 Å². The Morgan fingerprint density at radius 3 is 1.27 bits per heavy atom. The van der Waals surface area contributed by atoms with Crippen LogP contribution in [0, 0.1) is 37.0 Å². The van der Waals surface area contributed by atoms with Crippen LogP contribution < -0.4 is 0 Å². The molecular weight excluding hydrogens is 776 g/mol. The average Bonchev–Trinajstić information content (AvgIpc) is 2.89. The highest BCUT2D eigenvalue weighted by Crippen LogP contribution is 1.92. The molecule has 0 aromatic carbocycles. The number of halogens is 3. The first-order chi connectivity index (χ1) is 18.8. The van der Waals surface area contributed by atoms with Crippen molar-refractivity contribution in [3.8, 4) is 37.0 Å². The Hall–Kier alpha value is 0.760. The van der Waals surface area contributed by atoms with Crippen molar-refractivity contribution in [1.29, 1.82) is 0 Å². The quantitative estimate of drug-likeness (QED) is 0.143. The summed E-state index contributed by atoms with van der Waals surface area (Å²) in [6, 6.07) is 0. The first-order valence-corrected chi connectivity index (χ1v) is 23.2. The minimum absolute atomic E-state index is 0.140. The van der Waals surface area contributed by atoms with Crippen LogP contribution >= 0.6 is 75.2 Å². The molecule has 0 saturated heterocycles. The van der Waals surface area contributed by atoms with E-state index in [1.807, 2.05) is 23.8 Å². The predicted octanol–water partition coefficient (Wildman–Crippen LogP) is 5.25. The number of rotatable bonds is 9. The Balaban J connectivity index is -0.0000000651. The van der Waals surface area contributed by atoms with Gasteiger partial charge in [-0.3, -0.25) is 16.8 Å². The van der Waals surface area contributed by atoms with Gasteiger partial charge in [0.05, 0.1) is 17.3 Å². The van der Waals surface area contributed by atoms with Crippen LogP contribution in [0.2, 0.25) is 0 Å². The lowest BCUT2D eigenvalue weighted by molar-refractivity contribution is 0.687. The Morgan fingerprint density at radius 1 is 0.775 bits per heavy atom. The summed E-state index contributed by atoms with van der Waals surface area (Å²) >= 11 is 16.8. The first kappa shape index (κ1) is 56.5. The molecule has 0 N–H and O–H groups in total. The molecule has 0 aromatic rings. The van der Waals surface area contributed by atoms with Gasteiger partial charge in [0.2, 0.25) is 0 Å². The van der Waals surface area contributed by atoms with Crippen LogP contribution in [0.25, 0.3) is 0 Å². The summed E-state index contributed by atoms with van der Waals surface area (Å²) < 4.78 is 50.6. The number of terminal acetylenes is 3. The van der Waals surface area contributed by atoms with Gasteiger partial charge in [-0.1, -0.05) is 51.9 Å². The van der Waals surface area contributed by atoms with Gasteiger partial charge in [0, 0.05) is 91.9 Å². The molecule has 5 unspecified atom stereocenters. The van der Waals surface area contributed by atoms with E-state index < -0.39 is 53.2 Å². The van der Waals surface area contributed by atoms with Gasteiger partial charge in [-0.25, -0.2) is 4.21 Å². The molecule has 5 nitrogen and oxygen atoms in total. The van der Waals surface area contributed by atoms with E-state index in [2.05, 4.69) is 70.5 Å². The molecule has 0 saturated carbocycles. The van der Waals surface area contributed by atoms with Crippen molar-refractivity contribution in [2.45, 2.75) is 0 Å². The zero-order chi connectivity index (χ0) is 33.2. The van der Waals surface area contributed by atoms with Crippen molar-refractivity contribution >= 4 is 128 Å². The van der Waals surface area contributed by atoms with E-state index in [1.54, 1.807) is 53.3 Å². The van der Waals surface area contributed by atoms with Gasteiger partial charge in [-0.05, 0) is 32.7 Å². The van der Waals surface area contributed by atoms with E-state index in [-0.39, 0.29) is 5.75 Å². The summed E-state index contributed by atoms with van der Waals surface area (Å²) in [6.07, 6.45) is 29.8. The molecule has 0 amide bonds. The van der Waals surface area contributed by atoms with Gasteiger partial charge in [-0.2, -0.15) is 25.3 Å². The van der Waals surface area contributed by atoms with Crippen LogP contribution in [0.3, 0.4) is 0 Å². The zero-order valence-electron chi connectivity index (χ0n) is 23.5. The van der Waals surface area contributed by atoms with Gasteiger partial charge in [0.25, 0.3) is 0 Å². The highest BCUT2D eigenvalue weighted by molar-refractivity contribution is 9.11. The zero-order valence-corrected chi connectivity index (χ0v) is 33.2. The van der Waals surface area contributed by atoms with E-state index in [1.165, 1.54) is 6.38 Å². The first-order valence-electron chi connectivity index (χ1n) is 10.0. The maximum atomic E-state index is 10.4. The molecule has 0 aromatic heterocycles. The molecule has 0 heterocycles. The summed E-state index contributed by atoms with van der Waals surface area (Å²) in [6.45, 7) is 0. The summed E-state index contributed by atoms with van der Waals surface area (Å²) in [5.41, 5.74) is 0. The lowest BCUT2D eigenvalue weighted by Gasteiger charge is -1.82. The summed E-state index contributed by atoms with van der Waals surface area (Å²) in [4.78, 5) is 1.72. The third-order valence-corrected chi connectivity index (χ3v) is 6.51. The van der Waals surface area contributed by atoms with Crippen LogP contribution in [-0.2, 0) is 53.2 Å². The second-order valence-electron chi connectivity index (χ2n) is 5.50. The van der Waals surface area contributed by atoms with Crippen LogP contribution in [0.1, 0.15) is 0 Å². The molecule has 0 rings (SSSR count). The summed E-state index contributed by atoms with van der Waals surface area (Å²) in [5, 5.41) is 3.54. The predicted molar refractivity (Wildman–Crippen MR) is 206 cm³/mol. The van der Waals surface area contributed by atoms with Crippen LogP contribution in [0.4, 0.5) is 0 Å². The average molecular weight is 817 g/mol. The number of hydrogen-bond acceptors (Lipinski definition) is 8. The third-order valence-electron chi connectivity index (χ3n) is 1.99. The van der Waals surface area contributed by atoms with Crippen molar-refractivity contribution in [2.75, 3.05) is 72.2 Å². The number of thioether (sulfide) groups is 1. The van der Waals surface area contributed by atoms with Gasteiger partial charge in [0.15, 0.2) is 0 Å². The van der Waals surface area contributed by atoms with Gasteiger partial charge in [-0.15, -0.1) is 42.6 Å². The molecule has 0 aliphatic carbocycles. The van der Waals surface area contributed by atoms with Crippen molar-refractivity contribution in [3.63, 3.8) is 0 Å². The van der Waals surface area contributed by atoms with Crippen molar-refractivity contribution in [1.82, 2.24) is 0 Å². The molecule has 5 atom stereocenters. The van der Waals surface area contributed by atoms with Crippen molar-refractivity contribution in [3.05, 3.63) is 34.0 Å². The van der Waals surface area contributed by atoms with Crippen molar-refractivity contribution < 1.29 is 21.0 Å². The fourth-order valence-corrected chi connectivity index (χ4v) is 3.55. The highest BCUT2D eigenvalue weighted by atomic mass is 79.9. The van der Waals surface area contributed by atoms with E-state index in [9.17, 15) is 21.0 Å². The number of hydrogen-bond donors (Lipinski definition) is 2. The van der Waals surface area contributed by atoms with E-state index >= 15 is 0 Å². The highest BCUT2D eigenvalue weighted by Gasteiger charge is 1.82. The Morgan fingerprint density at radius 2 is 1.15 bits per heavy atom. The molecule has 0 fully saturated rings. The van der Waals surface area contributed by atoms with Crippen LogP contribution in [0.5, 0.6) is 0 Å². The molecule has 0 aliphatic heterocycles. The molecular formula is C24H41BrCl2O5S8. The molecule has 0 aliphatic rings. The standard InChI is InChI=1S/C5H10OS2.C4H7BrOS.C4H8OS2.C4H6OS.C3H3ClOS.C3H4S.CH3Cl/c1-7-4-3-5-8(2)6;1-7(6)4-2-3-5;1-7(5)4-2-3-6;1-3-4-6(2)5;1-2-3-6(4)5;1-2-3-4;1-2/h3-4H,5H2,1-2H3;2-3H,4H2,1H3;2-3,6H,4H2,1H3;1H,4H2,2H3;1H,3H2;1,4H,3H2;1H3/b4-3+;2*3-2+;;;;. The van der Waals surface area contributed by atoms with Gasteiger partial charge < -0.3 is 0 Å². The van der Waals surface area contributed by atoms with Crippen LogP contribution in [0.15, 0.2) is 34.0 Å². The molecule has 40 heavy (non-hydrogen) atoms. The fraction of sp³-hybridized carbons (Fsp3) is 0.500. The van der Waals surface area contributed by atoms with Crippen molar-refractivity contribution in [2.24, 2.45) is 0 Å². The summed E-state index contributed by atoms with van der Waals surface area (Å²) in [5.74, 6) is 9.69. The third kappa shape index (κ3) is 128. The van der Waals surface area contributed by atoms with Gasteiger partial charge >= 0.3 is 0 Å². The van der Waals surface area contributed by atoms with E-state index in [0.717, 1.165) is 0 Å². The smallest absolute Gasteiger partial charge is 0.127 e. The van der Waals surface area contributed by atoms with Gasteiger partial charge in [0.1, 0.15) is 10.0 Å². The van der Waals surface area contributed by atoms with E-state index in [0.29, 0.717) is 28.8 Å². The minimum atomic E-state index is -1.33. The minimum Gasteiger partial charge on any atom is -0.260 e. The number of thiol groups is 2. The Labute approximate surface area is 289 Å². The largest absolute Gasteiger partial charge is 0.260 e.